The van der Waals surface area contributed by atoms with Gasteiger partial charge in [0.15, 0.2) is 0 Å². The lowest BCUT2D eigenvalue weighted by atomic mass is 9.99. The Balaban J connectivity index is 1.86. The molecule has 2 atom stereocenters. The summed E-state index contributed by atoms with van der Waals surface area (Å²) in [5.74, 6) is 0. The van der Waals surface area contributed by atoms with E-state index in [1.54, 1.807) is 0 Å². The Morgan fingerprint density at radius 1 is 1.35 bits per heavy atom. The monoisotopic (exact) mass is 240 g/mol. The van der Waals surface area contributed by atoms with Crippen LogP contribution in [0.3, 0.4) is 0 Å². The molecule has 2 rings (SSSR count). The van der Waals surface area contributed by atoms with Gasteiger partial charge in [-0.05, 0) is 46.1 Å². The minimum absolute atomic E-state index is 0.225. The molecule has 3 nitrogen and oxygen atoms in total. The summed E-state index contributed by atoms with van der Waals surface area (Å²) in [4.78, 5) is 2.68. The molecule has 0 amide bonds. The fraction of sp³-hybridized carbons (Fsp3) is 1.00. The first kappa shape index (κ1) is 13.3. The van der Waals surface area contributed by atoms with E-state index in [2.05, 4.69) is 31.0 Å². The first-order chi connectivity index (χ1) is 8.13. The van der Waals surface area contributed by atoms with Crippen LogP contribution in [-0.2, 0) is 4.74 Å². The average Bonchev–Trinajstić information content (AvgIpc) is 2.74. The molecular weight excluding hydrogens is 212 g/mol. The molecule has 1 aliphatic carbocycles. The van der Waals surface area contributed by atoms with Crippen molar-refractivity contribution in [3.63, 3.8) is 0 Å². The van der Waals surface area contributed by atoms with E-state index in [0.717, 1.165) is 31.8 Å². The van der Waals surface area contributed by atoms with Gasteiger partial charge in [-0.3, -0.25) is 4.90 Å². The SMILES string of the molecule is CCCNC1CCC(N2CCOCC2(C)C)C1. The molecule has 1 aliphatic heterocycles. The molecule has 0 aromatic rings. The predicted octanol–water partition coefficient (Wildman–Crippen LogP) is 2.02. The van der Waals surface area contributed by atoms with E-state index in [4.69, 9.17) is 4.74 Å². The van der Waals surface area contributed by atoms with Crippen LogP contribution in [0, 0.1) is 0 Å². The van der Waals surface area contributed by atoms with Crippen LogP contribution in [0.1, 0.15) is 46.5 Å². The molecule has 2 fully saturated rings. The summed E-state index contributed by atoms with van der Waals surface area (Å²) in [6.45, 7) is 11.0. The Morgan fingerprint density at radius 3 is 2.88 bits per heavy atom. The van der Waals surface area contributed by atoms with Crippen molar-refractivity contribution in [3.8, 4) is 0 Å². The topological polar surface area (TPSA) is 24.5 Å². The second-order valence-corrected chi connectivity index (χ2v) is 6.18. The molecule has 0 aromatic carbocycles. The van der Waals surface area contributed by atoms with Gasteiger partial charge in [0.1, 0.15) is 0 Å². The molecule has 1 saturated carbocycles. The van der Waals surface area contributed by atoms with E-state index in [0.29, 0.717) is 0 Å². The summed E-state index contributed by atoms with van der Waals surface area (Å²) in [5.41, 5.74) is 0.225. The number of hydrogen-bond donors (Lipinski definition) is 1. The van der Waals surface area contributed by atoms with Crippen molar-refractivity contribution in [2.75, 3.05) is 26.3 Å². The van der Waals surface area contributed by atoms with E-state index in [1.165, 1.54) is 32.2 Å². The highest BCUT2D eigenvalue weighted by atomic mass is 16.5. The maximum atomic E-state index is 5.61. The third-order valence-electron chi connectivity index (χ3n) is 4.24. The minimum atomic E-state index is 0.225. The minimum Gasteiger partial charge on any atom is -0.378 e. The maximum absolute atomic E-state index is 5.61. The maximum Gasteiger partial charge on any atom is 0.0645 e. The van der Waals surface area contributed by atoms with Crippen LogP contribution in [0.2, 0.25) is 0 Å². The van der Waals surface area contributed by atoms with Crippen molar-refractivity contribution in [1.82, 2.24) is 10.2 Å². The number of rotatable bonds is 4. The van der Waals surface area contributed by atoms with Crippen LogP contribution in [-0.4, -0.2) is 48.8 Å². The van der Waals surface area contributed by atoms with E-state index < -0.39 is 0 Å². The average molecular weight is 240 g/mol. The zero-order valence-electron chi connectivity index (χ0n) is 11.7. The summed E-state index contributed by atoms with van der Waals surface area (Å²) in [5, 5.41) is 3.67. The standard InChI is InChI=1S/C14H28N2O/c1-4-7-15-12-5-6-13(10-12)16-8-9-17-11-14(16,2)3/h12-13,15H,4-11H2,1-3H3. The number of hydrogen-bond acceptors (Lipinski definition) is 3. The van der Waals surface area contributed by atoms with Crippen LogP contribution in [0.15, 0.2) is 0 Å². The van der Waals surface area contributed by atoms with Gasteiger partial charge in [-0.15, -0.1) is 0 Å². The second-order valence-electron chi connectivity index (χ2n) is 6.18. The Kier molecular flexibility index (Phi) is 4.45. The first-order valence-electron chi connectivity index (χ1n) is 7.21. The normalized spacial score (nSPS) is 34.1. The Hall–Kier alpha value is -0.120. The number of nitrogens with zero attached hydrogens (tertiary/aromatic N) is 1. The van der Waals surface area contributed by atoms with Gasteiger partial charge >= 0.3 is 0 Å². The zero-order valence-corrected chi connectivity index (χ0v) is 11.7. The number of nitrogens with one attached hydrogen (secondary N) is 1. The van der Waals surface area contributed by atoms with E-state index in [1.807, 2.05) is 0 Å². The summed E-state index contributed by atoms with van der Waals surface area (Å²) in [7, 11) is 0. The summed E-state index contributed by atoms with van der Waals surface area (Å²) in [6.07, 6.45) is 5.26. The van der Waals surface area contributed by atoms with Crippen molar-refractivity contribution < 1.29 is 4.74 Å². The largest absolute Gasteiger partial charge is 0.378 e. The molecule has 0 bridgehead atoms. The van der Waals surface area contributed by atoms with Crippen LogP contribution >= 0.6 is 0 Å². The highest BCUT2D eigenvalue weighted by Gasteiger charge is 2.38. The third kappa shape index (κ3) is 3.21. The van der Waals surface area contributed by atoms with E-state index in [-0.39, 0.29) is 5.54 Å². The summed E-state index contributed by atoms with van der Waals surface area (Å²) >= 11 is 0. The molecule has 1 N–H and O–H groups in total. The van der Waals surface area contributed by atoms with Gasteiger partial charge < -0.3 is 10.1 Å². The van der Waals surface area contributed by atoms with Crippen LogP contribution < -0.4 is 5.32 Å². The Morgan fingerprint density at radius 2 is 2.18 bits per heavy atom. The first-order valence-corrected chi connectivity index (χ1v) is 7.21. The lowest BCUT2D eigenvalue weighted by molar-refractivity contribution is -0.0709. The number of morpholine rings is 1. The Bertz CT molecular complexity index is 242. The highest BCUT2D eigenvalue weighted by molar-refractivity contribution is 4.94. The zero-order chi connectivity index (χ0) is 12.3. The molecule has 2 unspecified atom stereocenters. The smallest absolute Gasteiger partial charge is 0.0645 e. The van der Waals surface area contributed by atoms with Crippen LogP contribution in [0.4, 0.5) is 0 Å². The molecular formula is C14H28N2O. The molecule has 0 radical (unpaired) electrons. The van der Waals surface area contributed by atoms with Gasteiger partial charge in [-0.1, -0.05) is 6.92 Å². The highest BCUT2D eigenvalue weighted by Crippen LogP contribution is 2.31. The third-order valence-corrected chi connectivity index (χ3v) is 4.24. The molecule has 2 aliphatic rings. The Labute approximate surface area is 106 Å². The van der Waals surface area contributed by atoms with E-state index in [9.17, 15) is 0 Å². The van der Waals surface area contributed by atoms with Gasteiger partial charge in [-0.25, -0.2) is 0 Å². The lowest BCUT2D eigenvalue weighted by Gasteiger charge is -2.45. The second kappa shape index (κ2) is 5.68. The molecule has 17 heavy (non-hydrogen) atoms. The molecule has 3 heteroatoms. The quantitative estimate of drug-likeness (QED) is 0.813. The van der Waals surface area contributed by atoms with Gasteiger partial charge in [0.2, 0.25) is 0 Å². The molecule has 0 aromatic heterocycles. The fourth-order valence-electron chi connectivity index (χ4n) is 3.32. The van der Waals surface area contributed by atoms with Crippen LogP contribution in [0.5, 0.6) is 0 Å². The predicted molar refractivity (Wildman–Crippen MR) is 71.3 cm³/mol. The number of ether oxygens (including phenoxy) is 1. The van der Waals surface area contributed by atoms with Crippen molar-refractivity contribution >= 4 is 0 Å². The van der Waals surface area contributed by atoms with Crippen molar-refractivity contribution in [1.29, 1.82) is 0 Å². The fourth-order valence-corrected chi connectivity index (χ4v) is 3.32. The van der Waals surface area contributed by atoms with Crippen LogP contribution in [0.25, 0.3) is 0 Å². The molecule has 1 heterocycles. The molecule has 0 spiro atoms. The molecule has 1 saturated heterocycles. The van der Waals surface area contributed by atoms with Crippen molar-refractivity contribution in [3.05, 3.63) is 0 Å². The lowest BCUT2D eigenvalue weighted by Crippen LogP contribution is -2.56. The summed E-state index contributed by atoms with van der Waals surface area (Å²) < 4.78 is 5.61. The molecule has 100 valence electrons. The van der Waals surface area contributed by atoms with Gasteiger partial charge in [0.05, 0.1) is 13.2 Å². The summed E-state index contributed by atoms with van der Waals surface area (Å²) in [6, 6.07) is 1.52. The van der Waals surface area contributed by atoms with Crippen molar-refractivity contribution in [2.45, 2.75) is 64.1 Å². The van der Waals surface area contributed by atoms with Gasteiger partial charge in [0.25, 0.3) is 0 Å². The van der Waals surface area contributed by atoms with Gasteiger partial charge in [-0.2, -0.15) is 0 Å². The van der Waals surface area contributed by atoms with E-state index >= 15 is 0 Å². The van der Waals surface area contributed by atoms with Gasteiger partial charge in [0, 0.05) is 24.2 Å². The van der Waals surface area contributed by atoms with Crippen molar-refractivity contribution in [2.24, 2.45) is 0 Å².